The predicted molar refractivity (Wildman–Crippen MR) is 80.9 cm³/mol. The van der Waals surface area contributed by atoms with E-state index >= 15 is 0 Å². The van der Waals surface area contributed by atoms with Crippen molar-refractivity contribution in [3.63, 3.8) is 0 Å². The molecule has 0 bridgehead atoms. The molecule has 22 heavy (non-hydrogen) atoms. The standard InChI is InChI=1S/C14H23N3O4S/c1-14(2,3)13-15-11(16-21-13)10-22(19,20)9-5-8-17-7-4-6-12(17)18/h4-10H2,1-3H3. The molecule has 0 spiro atoms. The van der Waals surface area contributed by atoms with Gasteiger partial charge in [0.1, 0.15) is 5.75 Å². The molecule has 1 aromatic heterocycles. The zero-order chi connectivity index (χ0) is 16.4. The summed E-state index contributed by atoms with van der Waals surface area (Å²) < 4.78 is 29.3. The molecular formula is C14H23N3O4S. The van der Waals surface area contributed by atoms with Crippen molar-refractivity contribution in [2.75, 3.05) is 18.8 Å². The van der Waals surface area contributed by atoms with Crippen molar-refractivity contribution >= 4 is 15.7 Å². The molecule has 8 heteroatoms. The molecule has 7 nitrogen and oxygen atoms in total. The fourth-order valence-corrected chi connectivity index (χ4v) is 3.53. The van der Waals surface area contributed by atoms with E-state index < -0.39 is 9.84 Å². The molecule has 0 atom stereocenters. The number of amides is 1. The van der Waals surface area contributed by atoms with Gasteiger partial charge in [0, 0.05) is 24.9 Å². The summed E-state index contributed by atoms with van der Waals surface area (Å²) in [4.78, 5) is 17.3. The minimum absolute atomic E-state index is 0.0240. The SMILES string of the molecule is CC(C)(C)c1nc(CS(=O)(=O)CCCN2CCCC2=O)no1. The number of hydrogen-bond acceptors (Lipinski definition) is 6. The second-order valence-corrected chi connectivity index (χ2v) is 8.88. The molecule has 2 heterocycles. The molecular weight excluding hydrogens is 306 g/mol. The largest absolute Gasteiger partial charge is 0.343 e. The predicted octanol–water partition coefficient (Wildman–Crippen LogP) is 1.29. The maximum absolute atomic E-state index is 12.1. The first-order valence-corrected chi connectivity index (χ1v) is 9.31. The summed E-state index contributed by atoms with van der Waals surface area (Å²) in [5, 5.41) is 3.74. The lowest BCUT2D eigenvalue weighted by atomic mass is 9.97. The van der Waals surface area contributed by atoms with Gasteiger partial charge in [-0.3, -0.25) is 4.79 Å². The maximum atomic E-state index is 12.1. The van der Waals surface area contributed by atoms with Gasteiger partial charge in [0.25, 0.3) is 0 Å². The molecule has 1 saturated heterocycles. The van der Waals surface area contributed by atoms with Crippen molar-refractivity contribution < 1.29 is 17.7 Å². The molecule has 124 valence electrons. The number of carbonyl (C=O) groups is 1. The average Bonchev–Trinajstić information content (AvgIpc) is 2.98. The second-order valence-electron chi connectivity index (χ2n) is 6.70. The first kappa shape index (κ1) is 16.9. The van der Waals surface area contributed by atoms with E-state index in [1.54, 1.807) is 4.90 Å². The summed E-state index contributed by atoms with van der Waals surface area (Å²) in [6.07, 6.45) is 1.88. The third kappa shape index (κ3) is 4.53. The highest BCUT2D eigenvalue weighted by Gasteiger charge is 2.24. The molecule has 0 unspecified atom stereocenters. The number of likely N-dealkylation sites (tertiary alicyclic amines) is 1. The number of nitrogens with zero attached hydrogens (tertiary/aromatic N) is 3. The maximum Gasteiger partial charge on any atom is 0.232 e. The quantitative estimate of drug-likeness (QED) is 0.781. The van der Waals surface area contributed by atoms with Crippen LogP contribution < -0.4 is 0 Å². The lowest BCUT2D eigenvalue weighted by Gasteiger charge is -2.14. The van der Waals surface area contributed by atoms with Crippen molar-refractivity contribution in [3.05, 3.63) is 11.7 Å². The van der Waals surface area contributed by atoms with Crippen LogP contribution in [-0.2, 0) is 25.8 Å². The Morgan fingerprint density at radius 3 is 2.59 bits per heavy atom. The van der Waals surface area contributed by atoms with Gasteiger partial charge in [-0.1, -0.05) is 25.9 Å². The Morgan fingerprint density at radius 2 is 2.05 bits per heavy atom. The Morgan fingerprint density at radius 1 is 1.32 bits per heavy atom. The average molecular weight is 329 g/mol. The minimum atomic E-state index is -3.30. The van der Waals surface area contributed by atoms with Gasteiger partial charge in [0.2, 0.25) is 11.8 Å². The Bertz CT molecular complexity index is 631. The van der Waals surface area contributed by atoms with Gasteiger partial charge in [-0.2, -0.15) is 4.98 Å². The fourth-order valence-electron chi connectivity index (χ4n) is 2.30. The number of aromatic nitrogens is 2. The number of carbonyl (C=O) groups excluding carboxylic acids is 1. The lowest BCUT2D eigenvalue weighted by Crippen LogP contribution is -2.27. The summed E-state index contributed by atoms with van der Waals surface area (Å²) in [5.41, 5.74) is -0.300. The van der Waals surface area contributed by atoms with E-state index in [0.717, 1.165) is 13.0 Å². The Labute approximate surface area is 131 Å². The van der Waals surface area contributed by atoms with Gasteiger partial charge < -0.3 is 9.42 Å². The Kier molecular flexibility index (Phi) is 4.89. The van der Waals surface area contributed by atoms with Gasteiger partial charge >= 0.3 is 0 Å². The van der Waals surface area contributed by atoms with Crippen LogP contribution in [0.4, 0.5) is 0 Å². The van der Waals surface area contributed by atoms with E-state index in [1.165, 1.54) is 0 Å². The second kappa shape index (κ2) is 6.36. The van der Waals surface area contributed by atoms with Crippen LogP contribution in [0.3, 0.4) is 0 Å². The number of sulfone groups is 1. The van der Waals surface area contributed by atoms with Crippen molar-refractivity contribution in [1.29, 1.82) is 0 Å². The van der Waals surface area contributed by atoms with E-state index in [2.05, 4.69) is 10.1 Å². The molecule has 1 aromatic rings. The van der Waals surface area contributed by atoms with Gasteiger partial charge in [0.05, 0.1) is 5.75 Å². The monoisotopic (exact) mass is 329 g/mol. The highest BCUT2D eigenvalue weighted by molar-refractivity contribution is 7.90. The van der Waals surface area contributed by atoms with Crippen LogP contribution in [0.25, 0.3) is 0 Å². The van der Waals surface area contributed by atoms with Crippen molar-refractivity contribution in [3.8, 4) is 0 Å². The molecule has 0 aliphatic carbocycles. The molecule has 1 amide bonds. The van der Waals surface area contributed by atoms with E-state index in [0.29, 0.717) is 25.3 Å². The van der Waals surface area contributed by atoms with Gasteiger partial charge in [-0.05, 0) is 12.8 Å². The summed E-state index contributed by atoms with van der Waals surface area (Å²) in [6, 6.07) is 0. The summed E-state index contributed by atoms with van der Waals surface area (Å²) in [7, 11) is -3.30. The highest BCUT2D eigenvalue weighted by atomic mass is 32.2. The molecule has 2 rings (SSSR count). The lowest BCUT2D eigenvalue weighted by molar-refractivity contribution is -0.127. The molecule has 1 fully saturated rings. The van der Waals surface area contributed by atoms with Crippen LogP contribution in [0, 0.1) is 0 Å². The highest BCUT2D eigenvalue weighted by Crippen LogP contribution is 2.20. The minimum Gasteiger partial charge on any atom is -0.343 e. The first-order chi connectivity index (χ1) is 10.2. The van der Waals surface area contributed by atoms with Crippen molar-refractivity contribution in [2.24, 2.45) is 0 Å². The Hall–Kier alpha value is -1.44. The van der Waals surface area contributed by atoms with Crippen LogP contribution in [0.1, 0.15) is 51.7 Å². The van der Waals surface area contributed by atoms with Crippen LogP contribution in [0.2, 0.25) is 0 Å². The normalized spacial score (nSPS) is 16.5. The van der Waals surface area contributed by atoms with Gasteiger partial charge in [0.15, 0.2) is 15.7 Å². The molecule has 0 radical (unpaired) electrons. The molecule has 0 N–H and O–H groups in total. The van der Waals surface area contributed by atoms with Crippen molar-refractivity contribution in [1.82, 2.24) is 15.0 Å². The fraction of sp³-hybridized carbons (Fsp3) is 0.786. The van der Waals surface area contributed by atoms with Crippen LogP contribution in [0.5, 0.6) is 0 Å². The third-order valence-electron chi connectivity index (χ3n) is 3.51. The van der Waals surface area contributed by atoms with E-state index in [1.807, 2.05) is 20.8 Å². The summed E-state index contributed by atoms with van der Waals surface area (Å²) in [5.74, 6) is 0.546. The smallest absolute Gasteiger partial charge is 0.232 e. The number of hydrogen-bond donors (Lipinski definition) is 0. The van der Waals surface area contributed by atoms with Crippen LogP contribution in [-0.4, -0.2) is 48.2 Å². The van der Waals surface area contributed by atoms with Gasteiger partial charge in [-0.15, -0.1) is 0 Å². The van der Waals surface area contributed by atoms with Crippen LogP contribution >= 0.6 is 0 Å². The zero-order valence-electron chi connectivity index (χ0n) is 13.3. The van der Waals surface area contributed by atoms with E-state index in [-0.39, 0.29) is 28.7 Å². The third-order valence-corrected chi connectivity index (χ3v) is 5.12. The zero-order valence-corrected chi connectivity index (χ0v) is 14.1. The molecule has 0 aromatic carbocycles. The summed E-state index contributed by atoms with van der Waals surface area (Å²) in [6.45, 7) is 7.00. The van der Waals surface area contributed by atoms with Crippen LogP contribution in [0.15, 0.2) is 4.52 Å². The summed E-state index contributed by atoms with van der Waals surface area (Å²) >= 11 is 0. The van der Waals surface area contributed by atoms with Gasteiger partial charge in [-0.25, -0.2) is 8.42 Å². The topological polar surface area (TPSA) is 93.4 Å². The van der Waals surface area contributed by atoms with Crippen molar-refractivity contribution in [2.45, 2.75) is 51.2 Å². The van der Waals surface area contributed by atoms with E-state index in [4.69, 9.17) is 4.52 Å². The molecule has 1 aliphatic rings. The molecule has 0 saturated carbocycles. The van der Waals surface area contributed by atoms with E-state index in [9.17, 15) is 13.2 Å². The Balaban J connectivity index is 1.85. The first-order valence-electron chi connectivity index (χ1n) is 7.49. The number of rotatable bonds is 6. The molecule has 1 aliphatic heterocycles.